The molecule has 1 amide bonds. The Labute approximate surface area is 134 Å². The lowest BCUT2D eigenvalue weighted by Crippen LogP contribution is -2.11. The second-order valence-corrected chi connectivity index (χ2v) is 5.53. The molecule has 0 aliphatic heterocycles. The van der Waals surface area contributed by atoms with E-state index in [4.69, 9.17) is 4.42 Å². The summed E-state index contributed by atoms with van der Waals surface area (Å²) in [6, 6.07) is 14.6. The smallest absolute Gasteiger partial charge is 0.255 e. The fraction of sp³-hybridized carbons (Fsp3) is 0. The van der Waals surface area contributed by atoms with Gasteiger partial charge in [-0.15, -0.1) is 10.2 Å². The average Bonchev–Trinajstić information content (AvgIpc) is 3.02. The Morgan fingerprint density at radius 1 is 1.14 bits per heavy atom. The van der Waals surface area contributed by atoms with E-state index in [1.165, 1.54) is 6.39 Å². The maximum Gasteiger partial charge on any atom is 0.255 e. The Morgan fingerprint density at radius 2 is 1.95 bits per heavy atom. The van der Waals surface area contributed by atoms with Crippen LogP contribution in [0.4, 0.5) is 5.69 Å². The summed E-state index contributed by atoms with van der Waals surface area (Å²) in [5.74, 6) is 0.259. The van der Waals surface area contributed by atoms with Crippen LogP contribution in [0.3, 0.4) is 0 Å². The van der Waals surface area contributed by atoms with E-state index in [-0.39, 0.29) is 5.91 Å². The average molecular weight is 391 g/mol. The predicted octanol–water partition coefficient (Wildman–Crippen LogP) is 3.59. The molecule has 0 fully saturated rings. The van der Waals surface area contributed by atoms with Crippen molar-refractivity contribution >= 4 is 34.2 Å². The van der Waals surface area contributed by atoms with Crippen molar-refractivity contribution in [3.05, 3.63) is 64.1 Å². The van der Waals surface area contributed by atoms with Crippen LogP contribution >= 0.6 is 22.6 Å². The maximum atomic E-state index is 12.2. The summed E-state index contributed by atoms with van der Waals surface area (Å²) in [5, 5.41) is 10.3. The van der Waals surface area contributed by atoms with Crippen LogP contribution < -0.4 is 5.32 Å². The van der Waals surface area contributed by atoms with Crippen LogP contribution in [0.1, 0.15) is 10.4 Å². The lowest BCUT2D eigenvalue weighted by molar-refractivity contribution is 0.102. The molecule has 3 aromatic rings. The van der Waals surface area contributed by atoms with Crippen molar-refractivity contribution < 1.29 is 9.21 Å². The van der Waals surface area contributed by atoms with E-state index in [2.05, 4.69) is 38.1 Å². The van der Waals surface area contributed by atoms with Gasteiger partial charge in [0.25, 0.3) is 5.91 Å². The van der Waals surface area contributed by atoms with Gasteiger partial charge in [-0.25, -0.2) is 0 Å². The lowest BCUT2D eigenvalue weighted by atomic mass is 10.1. The molecule has 0 unspecified atom stereocenters. The predicted molar refractivity (Wildman–Crippen MR) is 86.8 cm³/mol. The van der Waals surface area contributed by atoms with Crippen molar-refractivity contribution in [3.63, 3.8) is 0 Å². The van der Waals surface area contributed by atoms with Crippen molar-refractivity contribution in [2.24, 2.45) is 0 Å². The number of anilines is 1. The van der Waals surface area contributed by atoms with E-state index >= 15 is 0 Å². The Hall–Kier alpha value is -2.22. The van der Waals surface area contributed by atoms with Crippen LogP contribution in [0.15, 0.2) is 59.3 Å². The number of nitrogens with zero attached hydrogens (tertiary/aromatic N) is 2. The molecule has 6 heteroatoms. The van der Waals surface area contributed by atoms with Gasteiger partial charge in [0.05, 0.1) is 0 Å². The molecular formula is C15H10IN3O2. The lowest BCUT2D eigenvalue weighted by Gasteiger charge is -2.06. The van der Waals surface area contributed by atoms with Gasteiger partial charge in [-0.05, 0) is 65.1 Å². The summed E-state index contributed by atoms with van der Waals surface area (Å²) in [7, 11) is 0. The van der Waals surface area contributed by atoms with Gasteiger partial charge < -0.3 is 9.73 Å². The van der Waals surface area contributed by atoms with E-state index in [1.54, 1.807) is 18.2 Å². The van der Waals surface area contributed by atoms with Crippen molar-refractivity contribution in [2.45, 2.75) is 0 Å². The first-order valence-electron chi connectivity index (χ1n) is 6.16. The van der Waals surface area contributed by atoms with Crippen molar-refractivity contribution in [2.75, 3.05) is 5.32 Å². The highest BCUT2D eigenvalue weighted by Crippen LogP contribution is 2.20. The number of aromatic nitrogens is 2. The SMILES string of the molecule is O=C(Nc1cccc(-c2nnco2)c1)c1ccc(I)cc1. The van der Waals surface area contributed by atoms with Gasteiger partial charge in [0.15, 0.2) is 0 Å². The number of rotatable bonds is 3. The van der Waals surface area contributed by atoms with Gasteiger partial charge in [0.1, 0.15) is 0 Å². The fourth-order valence-corrected chi connectivity index (χ4v) is 2.19. The van der Waals surface area contributed by atoms with Crippen molar-refractivity contribution in [1.82, 2.24) is 10.2 Å². The molecule has 3 rings (SSSR count). The van der Waals surface area contributed by atoms with E-state index in [9.17, 15) is 4.79 Å². The number of hydrogen-bond acceptors (Lipinski definition) is 4. The zero-order valence-electron chi connectivity index (χ0n) is 10.8. The molecule has 0 radical (unpaired) electrons. The number of carbonyl (C=O) groups is 1. The molecule has 21 heavy (non-hydrogen) atoms. The standard InChI is InChI=1S/C15H10IN3O2/c16-12-6-4-10(5-7-12)14(20)18-13-3-1-2-11(8-13)15-19-17-9-21-15/h1-9H,(H,18,20). The van der Waals surface area contributed by atoms with Crippen molar-refractivity contribution in [1.29, 1.82) is 0 Å². The van der Waals surface area contributed by atoms with Crippen LogP contribution in [0.2, 0.25) is 0 Å². The normalized spacial score (nSPS) is 10.3. The number of benzene rings is 2. The summed E-state index contributed by atoms with van der Waals surface area (Å²) in [6.45, 7) is 0. The Balaban J connectivity index is 1.80. The summed E-state index contributed by atoms with van der Waals surface area (Å²) in [5.41, 5.74) is 2.04. The molecule has 104 valence electrons. The minimum absolute atomic E-state index is 0.158. The highest BCUT2D eigenvalue weighted by Gasteiger charge is 2.08. The summed E-state index contributed by atoms with van der Waals surface area (Å²) < 4.78 is 6.23. The highest BCUT2D eigenvalue weighted by atomic mass is 127. The van der Waals surface area contributed by atoms with Crippen molar-refractivity contribution in [3.8, 4) is 11.5 Å². The minimum Gasteiger partial charge on any atom is -0.423 e. The molecule has 2 aromatic carbocycles. The zero-order valence-corrected chi connectivity index (χ0v) is 12.9. The zero-order chi connectivity index (χ0) is 14.7. The molecule has 0 aliphatic carbocycles. The molecule has 1 aromatic heterocycles. The summed E-state index contributed by atoms with van der Waals surface area (Å²) >= 11 is 2.20. The number of carbonyl (C=O) groups excluding carboxylic acids is 1. The van der Waals surface area contributed by atoms with Gasteiger partial charge >= 0.3 is 0 Å². The number of hydrogen-bond donors (Lipinski definition) is 1. The third-order valence-corrected chi connectivity index (χ3v) is 3.55. The van der Waals surface area contributed by atoms with Gasteiger partial charge in [0.2, 0.25) is 12.3 Å². The first-order chi connectivity index (χ1) is 10.2. The maximum absolute atomic E-state index is 12.2. The molecule has 1 N–H and O–H groups in total. The second-order valence-electron chi connectivity index (χ2n) is 4.29. The summed E-state index contributed by atoms with van der Waals surface area (Å²) in [6.07, 6.45) is 1.27. The molecule has 1 heterocycles. The molecule has 0 spiro atoms. The molecule has 5 nitrogen and oxygen atoms in total. The Morgan fingerprint density at radius 3 is 2.67 bits per heavy atom. The van der Waals surface area contributed by atoms with Crippen LogP contribution in [0.25, 0.3) is 11.5 Å². The molecular weight excluding hydrogens is 381 g/mol. The van der Waals surface area contributed by atoms with E-state index in [0.29, 0.717) is 17.1 Å². The molecule has 0 aliphatic rings. The van der Waals surface area contributed by atoms with Gasteiger partial charge in [0, 0.05) is 20.4 Å². The molecule has 0 atom stereocenters. The quantitative estimate of drug-likeness (QED) is 0.693. The largest absolute Gasteiger partial charge is 0.423 e. The van der Waals surface area contributed by atoms with Crippen LogP contribution in [0.5, 0.6) is 0 Å². The van der Waals surface area contributed by atoms with Gasteiger partial charge in [-0.1, -0.05) is 6.07 Å². The van der Waals surface area contributed by atoms with E-state index < -0.39 is 0 Å². The molecule has 0 saturated carbocycles. The number of nitrogens with one attached hydrogen (secondary N) is 1. The molecule has 0 saturated heterocycles. The second kappa shape index (κ2) is 6.04. The monoisotopic (exact) mass is 391 g/mol. The third kappa shape index (κ3) is 3.27. The third-order valence-electron chi connectivity index (χ3n) is 2.83. The van der Waals surface area contributed by atoms with Gasteiger partial charge in [-0.2, -0.15) is 0 Å². The fourth-order valence-electron chi connectivity index (χ4n) is 1.83. The number of amides is 1. The first kappa shape index (κ1) is 13.7. The van der Waals surface area contributed by atoms with Gasteiger partial charge in [-0.3, -0.25) is 4.79 Å². The molecule has 0 bridgehead atoms. The Kier molecular flexibility index (Phi) is 3.96. The number of halogens is 1. The first-order valence-corrected chi connectivity index (χ1v) is 7.24. The van der Waals surface area contributed by atoms with E-state index in [0.717, 1.165) is 9.13 Å². The minimum atomic E-state index is -0.158. The topological polar surface area (TPSA) is 68.0 Å². The Bertz CT molecular complexity index is 755. The summed E-state index contributed by atoms with van der Waals surface area (Å²) in [4.78, 5) is 12.2. The van der Waals surface area contributed by atoms with Crippen LogP contribution in [-0.2, 0) is 0 Å². The van der Waals surface area contributed by atoms with Crippen LogP contribution in [0, 0.1) is 3.57 Å². The van der Waals surface area contributed by atoms with E-state index in [1.807, 2.05) is 30.3 Å². The van der Waals surface area contributed by atoms with Crippen LogP contribution in [-0.4, -0.2) is 16.1 Å². The highest BCUT2D eigenvalue weighted by molar-refractivity contribution is 14.1.